The maximum absolute atomic E-state index is 13.3. The predicted octanol–water partition coefficient (Wildman–Crippen LogP) is -0.0787. The van der Waals surface area contributed by atoms with Gasteiger partial charge in [0, 0.05) is 22.1 Å². The van der Waals surface area contributed by atoms with Crippen molar-refractivity contribution in [2.75, 3.05) is 0 Å². The third kappa shape index (κ3) is 2.34. The van der Waals surface area contributed by atoms with Crippen LogP contribution in [-0.4, -0.2) is 54.4 Å². The van der Waals surface area contributed by atoms with Crippen LogP contribution in [0.15, 0.2) is 29.0 Å². The summed E-state index contributed by atoms with van der Waals surface area (Å²) in [6, 6.07) is 2.37. The Balaban J connectivity index is 2.04. The molecule has 3 aliphatic carbocycles. The molecule has 1 saturated carbocycles. The number of benzene rings is 1. The molecule has 0 unspecified atom stereocenters. The number of Topliss-reactive ketones (excluding diaryl/α,β-unsaturated/α-hetero) is 3. The lowest BCUT2D eigenvalue weighted by molar-refractivity contribution is -0.166. The summed E-state index contributed by atoms with van der Waals surface area (Å²) in [5, 5.41) is 53.4. The number of hydrogen-bond donors (Lipinski definition) is 6. The fraction of sp³-hybridized carbons (Fsp3) is 0.300. The van der Waals surface area contributed by atoms with E-state index in [-0.39, 0.29) is 16.1 Å². The Labute approximate surface area is 178 Å². The molecule has 4 rings (SSSR count). The molecule has 0 aromatic heterocycles. The number of nitrogens with two attached hydrogens (primary N) is 1. The van der Waals surface area contributed by atoms with Crippen LogP contribution < -0.4 is 5.73 Å². The van der Waals surface area contributed by atoms with E-state index in [4.69, 9.17) is 17.3 Å². The molecule has 1 fully saturated rings. The van der Waals surface area contributed by atoms with E-state index in [9.17, 15) is 44.7 Å². The summed E-state index contributed by atoms with van der Waals surface area (Å²) in [5.74, 6) is -11.7. The minimum absolute atomic E-state index is 0.0542. The molecule has 0 aliphatic heterocycles. The zero-order valence-corrected chi connectivity index (χ0v) is 16.6. The molecule has 162 valence electrons. The van der Waals surface area contributed by atoms with E-state index in [2.05, 4.69) is 0 Å². The topological polar surface area (TPSA) is 195 Å². The van der Waals surface area contributed by atoms with Gasteiger partial charge in [0.05, 0.1) is 17.1 Å². The molecule has 7 N–H and O–H groups in total. The highest BCUT2D eigenvalue weighted by Gasteiger charge is 2.67. The number of amides is 1. The molecule has 0 bridgehead atoms. The Bertz CT molecular complexity index is 1200. The number of phenolic OH excluding ortho intramolecular Hbond substituents is 1. The van der Waals surface area contributed by atoms with Crippen molar-refractivity contribution in [2.24, 2.45) is 17.6 Å². The number of phenols is 1. The number of rotatable bonds is 1. The van der Waals surface area contributed by atoms with E-state index >= 15 is 0 Å². The summed E-state index contributed by atoms with van der Waals surface area (Å²) < 4.78 is 0. The maximum Gasteiger partial charge on any atom is 0.256 e. The first-order valence-electron chi connectivity index (χ1n) is 9.04. The molecular weight excluding hydrogens is 434 g/mol. The molecule has 0 heterocycles. The van der Waals surface area contributed by atoms with Gasteiger partial charge in [-0.25, -0.2) is 0 Å². The fourth-order valence-electron chi connectivity index (χ4n) is 4.81. The van der Waals surface area contributed by atoms with E-state index < -0.39 is 81.1 Å². The van der Waals surface area contributed by atoms with Gasteiger partial charge in [-0.05, 0) is 25.5 Å². The van der Waals surface area contributed by atoms with Crippen molar-refractivity contribution >= 4 is 40.6 Å². The minimum atomic E-state index is -3.14. The number of fused-ring (bicyclic) bond motifs is 3. The van der Waals surface area contributed by atoms with Crippen LogP contribution in [0.25, 0.3) is 5.76 Å². The van der Waals surface area contributed by atoms with Crippen molar-refractivity contribution in [1.29, 1.82) is 0 Å². The molecule has 11 heteroatoms. The first-order valence-corrected chi connectivity index (χ1v) is 9.42. The summed E-state index contributed by atoms with van der Waals surface area (Å²) in [4.78, 5) is 50.4. The average Bonchev–Trinajstić information content (AvgIpc) is 2.67. The molecule has 3 aliphatic rings. The zero-order valence-electron chi connectivity index (χ0n) is 15.8. The SMILES string of the molecule is C[C@@]1(O)c2c(Cl)ccc(O)c2C(O)=C2C(=O)[C@]3(O)C(=O)C(C(N)=O)=C(O)C(=O)[C@@H]3C[C@@H]21. The Morgan fingerprint density at radius 3 is 2.26 bits per heavy atom. The number of primary amides is 1. The highest BCUT2D eigenvalue weighted by molar-refractivity contribution is 6.38. The number of aliphatic hydroxyl groups is 4. The summed E-state index contributed by atoms with van der Waals surface area (Å²) in [5.41, 5.74) is -2.49. The summed E-state index contributed by atoms with van der Waals surface area (Å²) in [7, 11) is 0. The van der Waals surface area contributed by atoms with Gasteiger partial charge < -0.3 is 31.3 Å². The number of allylic oxidation sites excluding steroid dienone is 1. The Morgan fingerprint density at radius 2 is 1.68 bits per heavy atom. The van der Waals surface area contributed by atoms with Gasteiger partial charge in [0.1, 0.15) is 17.1 Å². The first-order chi connectivity index (χ1) is 14.3. The molecule has 1 aromatic rings. The molecule has 0 radical (unpaired) electrons. The Kier molecular flexibility index (Phi) is 4.18. The van der Waals surface area contributed by atoms with Crippen LogP contribution in [0.5, 0.6) is 5.75 Å². The zero-order chi connectivity index (χ0) is 23.2. The van der Waals surface area contributed by atoms with Crippen molar-refractivity contribution in [2.45, 2.75) is 24.5 Å². The number of carbonyl (C=O) groups excluding carboxylic acids is 4. The first kappa shape index (κ1) is 21.0. The number of halogens is 1. The third-order valence-electron chi connectivity index (χ3n) is 6.33. The summed E-state index contributed by atoms with van der Waals surface area (Å²) in [6.45, 7) is 1.23. The number of hydrogen-bond acceptors (Lipinski definition) is 9. The van der Waals surface area contributed by atoms with Gasteiger partial charge in [-0.1, -0.05) is 11.6 Å². The average molecular weight is 450 g/mol. The van der Waals surface area contributed by atoms with Crippen molar-refractivity contribution in [1.82, 2.24) is 0 Å². The van der Waals surface area contributed by atoms with Crippen LogP contribution in [0.1, 0.15) is 24.5 Å². The van der Waals surface area contributed by atoms with Crippen molar-refractivity contribution in [3.63, 3.8) is 0 Å². The van der Waals surface area contributed by atoms with E-state index in [1.165, 1.54) is 13.0 Å². The lowest BCUT2D eigenvalue weighted by Crippen LogP contribution is -2.65. The smallest absolute Gasteiger partial charge is 0.256 e. The van der Waals surface area contributed by atoms with E-state index in [0.29, 0.717) is 0 Å². The van der Waals surface area contributed by atoms with Crippen molar-refractivity contribution in [3.8, 4) is 5.75 Å². The van der Waals surface area contributed by atoms with Crippen LogP contribution in [0, 0.1) is 11.8 Å². The van der Waals surface area contributed by atoms with Crippen LogP contribution >= 0.6 is 11.6 Å². The van der Waals surface area contributed by atoms with E-state index in [0.717, 1.165) is 6.07 Å². The van der Waals surface area contributed by atoms with Gasteiger partial charge in [0.2, 0.25) is 23.0 Å². The standard InChI is InChI=1S/C20H16ClNO9/c1-19(30)5-4-6-13(24)15(26)11(18(22)29)17(28)20(6,31)16(27)9(5)14(25)10-8(23)3-2-7(21)12(10)19/h2-3,5-6,23,25-26,30-31H,4H2,1H3,(H2,22,29)/t5-,6-,19-,20-/m0/s1. The van der Waals surface area contributed by atoms with E-state index in [1.807, 2.05) is 0 Å². The molecule has 10 nitrogen and oxygen atoms in total. The quantitative estimate of drug-likeness (QED) is 0.251. The highest BCUT2D eigenvalue weighted by atomic mass is 35.5. The minimum Gasteiger partial charge on any atom is -0.507 e. The monoisotopic (exact) mass is 449 g/mol. The fourth-order valence-corrected chi connectivity index (χ4v) is 5.16. The van der Waals surface area contributed by atoms with Crippen LogP contribution in [0.2, 0.25) is 5.02 Å². The largest absolute Gasteiger partial charge is 0.507 e. The summed E-state index contributed by atoms with van der Waals surface area (Å²) in [6.07, 6.45) is -0.569. The second-order valence-electron chi connectivity index (χ2n) is 7.94. The predicted molar refractivity (Wildman–Crippen MR) is 103 cm³/mol. The third-order valence-corrected chi connectivity index (χ3v) is 6.65. The lowest BCUT2D eigenvalue weighted by Gasteiger charge is -2.49. The van der Waals surface area contributed by atoms with Crippen molar-refractivity contribution < 1.29 is 44.7 Å². The molecule has 31 heavy (non-hydrogen) atoms. The van der Waals surface area contributed by atoms with Gasteiger partial charge in [-0.2, -0.15) is 0 Å². The van der Waals surface area contributed by atoms with Crippen LogP contribution in [0.4, 0.5) is 0 Å². The Hall–Kier alpha value is -3.21. The number of ketones is 3. The van der Waals surface area contributed by atoms with Crippen LogP contribution in [-0.2, 0) is 24.8 Å². The Morgan fingerprint density at radius 1 is 1.06 bits per heavy atom. The molecule has 0 saturated heterocycles. The van der Waals surface area contributed by atoms with Gasteiger partial charge in [-0.15, -0.1) is 0 Å². The lowest BCUT2D eigenvalue weighted by atomic mass is 9.55. The van der Waals surface area contributed by atoms with Gasteiger partial charge >= 0.3 is 0 Å². The van der Waals surface area contributed by atoms with Gasteiger partial charge in [0.25, 0.3) is 5.91 Å². The van der Waals surface area contributed by atoms with Crippen molar-refractivity contribution in [3.05, 3.63) is 45.2 Å². The molecule has 1 amide bonds. The van der Waals surface area contributed by atoms with Gasteiger partial charge in [-0.3, -0.25) is 19.2 Å². The number of aromatic hydroxyl groups is 1. The number of carbonyl (C=O) groups is 4. The van der Waals surface area contributed by atoms with Crippen LogP contribution in [0.3, 0.4) is 0 Å². The highest BCUT2D eigenvalue weighted by Crippen LogP contribution is 2.56. The second kappa shape index (κ2) is 6.16. The molecule has 0 spiro atoms. The molecular formula is C20H16ClNO9. The number of aliphatic hydroxyl groups excluding tert-OH is 2. The van der Waals surface area contributed by atoms with Gasteiger partial charge in [0.15, 0.2) is 5.76 Å². The maximum atomic E-state index is 13.3. The molecule has 1 aromatic carbocycles. The molecule has 4 atom stereocenters. The normalized spacial score (nSPS) is 32.6. The second-order valence-corrected chi connectivity index (χ2v) is 8.35. The summed E-state index contributed by atoms with van der Waals surface area (Å²) >= 11 is 6.17. The van der Waals surface area contributed by atoms with E-state index in [1.54, 1.807) is 0 Å².